The average Bonchev–Trinajstić information content (AvgIpc) is 2.44. The second-order valence-corrected chi connectivity index (χ2v) is 6.94. The van der Waals surface area contributed by atoms with Crippen molar-refractivity contribution >= 4 is 22.6 Å². The van der Waals surface area contributed by atoms with Gasteiger partial charge in [-0.25, -0.2) is 4.98 Å². The van der Waals surface area contributed by atoms with Crippen LogP contribution in [0.25, 0.3) is 0 Å². The number of H-pyrrole nitrogens is 1. The van der Waals surface area contributed by atoms with E-state index in [2.05, 4.69) is 41.4 Å². The highest BCUT2D eigenvalue weighted by atomic mass is 127. The molecular weight excluding hydrogens is 367 g/mol. The van der Waals surface area contributed by atoms with Gasteiger partial charge in [-0.3, -0.25) is 4.79 Å². The molecule has 0 spiro atoms. The second kappa shape index (κ2) is 7.02. The zero-order valence-corrected chi connectivity index (χ0v) is 14.6. The summed E-state index contributed by atoms with van der Waals surface area (Å²) in [6.07, 6.45) is 6.03. The van der Waals surface area contributed by atoms with Crippen LogP contribution in [0.1, 0.15) is 69.5 Å². The summed E-state index contributed by atoms with van der Waals surface area (Å²) >= 11 is 2.08. The highest BCUT2D eigenvalue weighted by molar-refractivity contribution is 14.1. The summed E-state index contributed by atoms with van der Waals surface area (Å²) in [6, 6.07) is 0. The molecule has 0 aromatic carbocycles. The fourth-order valence-electron chi connectivity index (χ4n) is 2.98. The Morgan fingerprint density at radius 2 is 1.95 bits per heavy atom. The predicted molar refractivity (Wildman–Crippen MR) is 88.0 cm³/mol. The quantitative estimate of drug-likeness (QED) is 0.797. The van der Waals surface area contributed by atoms with Gasteiger partial charge < -0.3 is 9.72 Å². The van der Waals surface area contributed by atoms with Crippen molar-refractivity contribution in [3.63, 3.8) is 0 Å². The van der Waals surface area contributed by atoms with E-state index in [-0.39, 0.29) is 17.6 Å². The van der Waals surface area contributed by atoms with Gasteiger partial charge in [-0.1, -0.05) is 33.1 Å². The van der Waals surface area contributed by atoms with Crippen LogP contribution < -0.4 is 5.56 Å². The van der Waals surface area contributed by atoms with Crippen molar-refractivity contribution < 1.29 is 4.74 Å². The summed E-state index contributed by atoms with van der Waals surface area (Å²) in [5.41, 5.74) is 0.833. The lowest BCUT2D eigenvalue weighted by atomic mass is 9.85. The molecule has 1 unspecified atom stereocenters. The van der Waals surface area contributed by atoms with Crippen molar-refractivity contribution in [2.75, 3.05) is 7.11 Å². The van der Waals surface area contributed by atoms with Gasteiger partial charge in [0.15, 0.2) is 0 Å². The molecule has 0 bridgehead atoms. The summed E-state index contributed by atoms with van der Waals surface area (Å²) < 4.78 is 6.36. The Morgan fingerprint density at radius 3 is 2.50 bits per heavy atom. The lowest BCUT2D eigenvalue weighted by Gasteiger charge is -2.28. The first-order valence-electron chi connectivity index (χ1n) is 7.37. The molecule has 1 fully saturated rings. The molecular formula is C15H23IN2O2. The number of hydrogen-bond acceptors (Lipinski definition) is 3. The zero-order chi connectivity index (χ0) is 14.7. The molecule has 0 radical (unpaired) electrons. The molecule has 1 aromatic heterocycles. The molecule has 20 heavy (non-hydrogen) atoms. The number of nitrogens with zero attached hydrogens (tertiary/aromatic N) is 1. The molecule has 1 aromatic rings. The minimum absolute atomic E-state index is 0.0443. The van der Waals surface area contributed by atoms with Gasteiger partial charge in [0.05, 0.1) is 9.26 Å². The third-order valence-electron chi connectivity index (χ3n) is 4.06. The first kappa shape index (κ1) is 15.9. The minimum atomic E-state index is -0.0856. The first-order chi connectivity index (χ1) is 9.54. The maximum atomic E-state index is 12.1. The number of ether oxygens (including phenoxy) is 1. The number of rotatable bonds is 4. The molecule has 1 N–H and O–H groups in total. The van der Waals surface area contributed by atoms with Crippen molar-refractivity contribution in [1.82, 2.24) is 9.97 Å². The molecule has 5 heteroatoms. The summed E-state index contributed by atoms with van der Waals surface area (Å²) in [7, 11) is 1.71. The average molecular weight is 390 g/mol. The Hall–Kier alpha value is -0.430. The van der Waals surface area contributed by atoms with E-state index < -0.39 is 0 Å². The van der Waals surface area contributed by atoms with Crippen molar-refractivity contribution in [1.29, 1.82) is 0 Å². The van der Waals surface area contributed by atoms with Crippen LogP contribution in [0.5, 0.6) is 0 Å². The number of nitrogens with one attached hydrogen (secondary N) is 1. The van der Waals surface area contributed by atoms with E-state index in [1.807, 2.05) is 0 Å². The third kappa shape index (κ3) is 3.42. The number of aromatic amines is 1. The topological polar surface area (TPSA) is 55.0 Å². The fraction of sp³-hybridized carbons (Fsp3) is 0.733. The van der Waals surface area contributed by atoms with Crippen LogP contribution in [0.3, 0.4) is 0 Å². The zero-order valence-electron chi connectivity index (χ0n) is 12.4. The van der Waals surface area contributed by atoms with Gasteiger partial charge in [0, 0.05) is 7.11 Å². The van der Waals surface area contributed by atoms with E-state index in [0.29, 0.717) is 15.3 Å². The Kier molecular flexibility index (Phi) is 5.60. The summed E-state index contributed by atoms with van der Waals surface area (Å²) in [5, 5.41) is 0. The van der Waals surface area contributed by atoms with Crippen LogP contribution >= 0.6 is 22.6 Å². The molecule has 1 atom stereocenters. The normalized spacial score (nSPS) is 18.4. The molecule has 112 valence electrons. The Morgan fingerprint density at radius 1 is 1.30 bits per heavy atom. The van der Waals surface area contributed by atoms with E-state index in [1.165, 1.54) is 19.3 Å². The predicted octanol–water partition coefficient (Wildman–Crippen LogP) is 3.77. The molecule has 4 nitrogen and oxygen atoms in total. The lowest BCUT2D eigenvalue weighted by Crippen LogP contribution is -2.26. The Labute approximate surface area is 133 Å². The summed E-state index contributed by atoms with van der Waals surface area (Å²) in [4.78, 5) is 19.7. The van der Waals surface area contributed by atoms with E-state index in [0.717, 1.165) is 18.5 Å². The molecule has 1 heterocycles. The number of methoxy groups -OCH3 is 1. The smallest absolute Gasteiger partial charge is 0.264 e. The standard InChI is InChI=1S/C15H23IN2O2/c1-9(2)12-11(16)15(19)18-14(17-12)13(20-3)10-7-5-4-6-8-10/h9-10,13H,4-8H2,1-3H3,(H,17,18,19). The molecule has 0 aliphatic heterocycles. The molecule has 1 saturated carbocycles. The van der Waals surface area contributed by atoms with Gasteiger partial charge in [0.2, 0.25) is 0 Å². The van der Waals surface area contributed by atoms with Crippen LogP contribution in [0.2, 0.25) is 0 Å². The SMILES string of the molecule is COC(c1nc(C(C)C)c(I)c(=O)[nH]1)C1CCCCC1. The maximum absolute atomic E-state index is 12.1. The summed E-state index contributed by atoms with van der Waals surface area (Å²) in [6.45, 7) is 4.13. The molecule has 0 saturated heterocycles. The van der Waals surface area contributed by atoms with Crippen LogP contribution in [-0.4, -0.2) is 17.1 Å². The molecule has 2 rings (SSSR count). The van der Waals surface area contributed by atoms with Crippen LogP contribution in [-0.2, 0) is 4.74 Å². The third-order valence-corrected chi connectivity index (χ3v) is 5.10. The monoisotopic (exact) mass is 390 g/mol. The Balaban J connectivity index is 2.36. The second-order valence-electron chi connectivity index (χ2n) is 5.86. The highest BCUT2D eigenvalue weighted by Gasteiger charge is 2.28. The van der Waals surface area contributed by atoms with Crippen molar-refractivity contribution in [2.45, 2.75) is 58.0 Å². The number of hydrogen-bond donors (Lipinski definition) is 1. The molecule has 1 aliphatic rings. The van der Waals surface area contributed by atoms with Crippen molar-refractivity contribution in [2.24, 2.45) is 5.92 Å². The van der Waals surface area contributed by atoms with Gasteiger partial charge >= 0.3 is 0 Å². The Bertz CT molecular complexity index is 507. The van der Waals surface area contributed by atoms with Crippen LogP contribution in [0.4, 0.5) is 0 Å². The van der Waals surface area contributed by atoms with Crippen LogP contribution in [0.15, 0.2) is 4.79 Å². The van der Waals surface area contributed by atoms with E-state index >= 15 is 0 Å². The van der Waals surface area contributed by atoms with Gasteiger partial charge in [-0.15, -0.1) is 0 Å². The lowest BCUT2D eigenvalue weighted by molar-refractivity contribution is 0.0285. The molecule has 0 amide bonds. The van der Waals surface area contributed by atoms with Gasteiger partial charge in [-0.05, 0) is 47.3 Å². The van der Waals surface area contributed by atoms with E-state index in [4.69, 9.17) is 9.72 Å². The highest BCUT2D eigenvalue weighted by Crippen LogP contribution is 2.35. The minimum Gasteiger partial charge on any atom is -0.373 e. The number of halogens is 1. The van der Waals surface area contributed by atoms with Gasteiger partial charge in [0.1, 0.15) is 11.9 Å². The van der Waals surface area contributed by atoms with Gasteiger partial charge in [0.25, 0.3) is 5.56 Å². The van der Waals surface area contributed by atoms with Gasteiger partial charge in [-0.2, -0.15) is 0 Å². The van der Waals surface area contributed by atoms with E-state index in [1.54, 1.807) is 7.11 Å². The summed E-state index contributed by atoms with van der Waals surface area (Å²) in [5.74, 6) is 1.41. The maximum Gasteiger partial charge on any atom is 0.264 e. The first-order valence-corrected chi connectivity index (χ1v) is 8.44. The largest absolute Gasteiger partial charge is 0.373 e. The van der Waals surface area contributed by atoms with Crippen LogP contribution in [0, 0.1) is 9.49 Å². The van der Waals surface area contributed by atoms with Crippen molar-refractivity contribution in [3.8, 4) is 0 Å². The van der Waals surface area contributed by atoms with E-state index in [9.17, 15) is 4.79 Å². The van der Waals surface area contributed by atoms with Crippen molar-refractivity contribution in [3.05, 3.63) is 25.4 Å². The number of aromatic nitrogens is 2. The molecule has 1 aliphatic carbocycles. The fourth-order valence-corrected chi connectivity index (χ4v) is 3.85.